The molecule has 9 N–H and O–H groups in total. The maximum atomic E-state index is 14.0. The Morgan fingerprint density at radius 1 is 0.857 bits per heavy atom. The summed E-state index contributed by atoms with van der Waals surface area (Å²) in [6, 6.07) is 16.0. The first-order chi connectivity index (χ1) is 23.3. The lowest BCUT2D eigenvalue weighted by molar-refractivity contribution is -0.140. The van der Waals surface area contributed by atoms with Crippen LogP contribution in [0.25, 0.3) is 0 Å². The quantitative estimate of drug-likeness (QED) is 0.0830. The van der Waals surface area contributed by atoms with Crippen molar-refractivity contribution in [3.63, 3.8) is 0 Å². The van der Waals surface area contributed by atoms with E-state index in [1.54, 1.807) is 0 Å². The van der Waals surface area contributed by atoms with Gasteiger partial charge >= 0.3 is 7.12 Å². The van der Waals surface area contributed by atoms with Crippen molar-refractivity contribution < 1.29 is 34.3 Å². The van der Waals surface area contributed by atoms with Crippen LogP contribution >= 0.6 is 0 Å². The molecule has 2 aromatic rings. The minimum atomic E-state index is -1.92. The first-order valence-corrected chi connectivity index (χ1v) is 17.4. The lowest BCUT2D eigenvalue weighted by Crippen LogP contribution is -2.58. The molecule has 3 amide bonds. The van der Waals surface area contributed by atoms with Gasteiger partial charge in [0.2, 0.25) is 17.7 Å². The summed E-state index contributed by atoms with van der Waals surface area (Å²) in [6.07, 6.45) is 2.29. The third-order valence-corrected chi connectivity index (χ3v) is 9.18. The smallest absolute Gasteiger partial charge is 0.425 e. The molecule has 13 heteroatoms. The second-order valence-electron chi connectivity index (χ2n) is 13.7. The number of carbonyl (C=O) groups excluding carboxylic acids is 4. The Bertz CT molecular complexity index is 1340. The number of nitrogens with two attached hydrogens (primary N) is 2. The first-order valence-electron chi connectivity index (χ1n) is 17.4. The minimum absolute atomic E-state index is 0.0200. The second kappa shape index (κ2) is 19.5. The standard InChI is InChI=1S/C36H54BN5O7/c1-25(2)21-28(33(44)40-30(15-9-10-18-38)35(46)42-19-16-36(47,17-20-42)37(48)49)24-32(43)31(23-27-13-7-4-8-14-27)41-34(45)29(39)22-26-11-5-3-6-12-26/h3-8,11-14,25,28-31,47-49H,9-10,15-24,38-39H2,1-2H3,(H,40,44)(H,41,45)/t28-,29+,30+,31+/m0/s1. The molecule has 3 rings (SSSR count). The number of ketones is 1. The summed E-state index contributed by atoms with van der Waals surface area (Å²) in [5, 5.41) is 35.4. The van der Waals surface area contributed by atoms with Crippen molar-refractivity contribution in [3.8, 4) is 0 Å². The molecule has 0 aromatic heterocycles. The lowest BCUT2D eigenvalue weighted by atomic mass is 9.63. The Hall–Kier alpha value is -3.62. The second-order valence-corrected chi connectivity index (χ2v) is 13.7. The fourth-order valence-electron chi connectivity index (χ4n) is 6.20. The van der Waals surface area contributed by atoms with Crippen LogP contribution in [0.1, 0.15) is 69.9 Å². The highest BCUT2D eigenvalue weighted by Gasteiger charge is 2.44. The minimum Gasteiger partial charge on any atom is -0.425 e. The highest BCUT2D eigenvalue weighted by molar-refractivity contribution is 6.45. The number of aliphatic hydroxyl groups is 1. The number of nitrogens with zero attached hydrogens (tertiary/aromatic N) is 1. The molecule has 1 fully saturated rings. The molecule has 0 unspecified atom stereocenters. The average molecular weight is 680 g/mol. The normalized spacial score (nSPS) is 16.7. The van der Waals surface area contributed by atoms with Gasteiger partial charge in [-0.1, -0.05) is 74.5 Å². The number of carbonyl (C=O) groups is 4. The molecule has 268 valence electrons. The maximum Gasteiger partial charge on any atom is 0.485 e. The van der Waals surface area contributed by atoms with Crippen LogP contribution in [0.5, 0.6) is 0 Å². The van der Waals surface area contributed by atoms with E-state index in [1.165, 1.54) is 4.90 Å². The van der Waals surface area contributed by atoms with E-state index in [1.807, 2.05) is 74.5 Å². The van der Waals surface area contributed by atoms with Crippen LogP contribution in [0.3, 0.4) is 0 Å². The number of Topliss-reactive ketones (excluding diaryl/α,β-unsaturated/α-hetero) is 1. The number of likely N-dealkylation sites (tertiary alicyclic amines) is 1. The number of unbranched alkanes of at least 4 members (excludes halogenated alkanes) is 1. The molecule has 1 heterocycles. The zero-order valence-corrected chi connectivity index (χ0v) is 28.8. The van der Waals surface area contributed by atoms with Gasteiger partial charge in [0.1, 0.15) is 11.5 Å². The molecule has 49 heavy (non-hydrogen) atoms. The number of hydrogen-bond acceptors (Lipinski definition) is 9. The van der Waals surface area contributed by atoms with Gasteiger partial charge in [0.25, 0.3) is 0 Å². The van der Waals surface area contributed by atoms with Crippen LogP contribution in [0, 0.1) is 11.8 Å². The van der Waals surface area contributed by atoms with E-state index in [-0.39, 0.29) is 56.4 Å². The molecule has 0 bridgehead atoms. The average Bonchev–Trinajstić information content (AvgIpc) is 3.07. The molecule has 2 aromatic carbocycles. The Labute approximate surface area is 290 Å². The van der Waals surface area contributed by atoms with E-state index in [0.29, 0.717) is 38.6 Å². The van der Waals surface area contributed by atoms with Gasteiger partial charge in [-0.2, -0.15) is 0 Å². The molecule has 1 aliphatic rings. The van der Waals surface area contributed by atoms with Gasteiger partial charge in [0.05, 0.1) is 12.1 Å². The van der Waals surface area contributed by atoms with Crippen molar-refractivity contribution in [2.45, 2.75) is 95.3 Å². The summed E-state index contributed by atoms with van der Waals surface area (Å²) >= 11 is 0. The van der Waals surface area contributed by atoms with E-state index in [9.17, 15) is 34.3 Å². The Kier molecular flexibility index (Phi) is 15.9. The predicted octanol–water partition coefficient (Wildman–Crippen LogP) is 0.885. The molecular formula is C36H54BN5O7. The zero-order valence-electron chi connectivity index (χ0n) is 28.8. The fourth-order valence-corrected chi connectivity index (χ4v) is 6.20. The number of nitrogens with one attached hydrogen (secondary N) is 2. The predicted molar refractivity (Wildman–Crippen MR) is 189 cm³/mol. The van der Waals surface area contributed by atoms with Crippen molar-refractivity contribution in [1.82, 2.24) is 15.5 Å². The summed E-state index contributed by atoms with van der Waals surface area (Å²) in [7, 11) is -1.92. The highest BCUT2D eigenvalue weighted by Crippen LogP contribution is 2.25. The van der Waals surface area contributed by atoms with Crippen molar-refractivity contribution in [2.75, 3.05) is 19.6 Å². The lowest BCUT2D eigenvalue weighted by Gasteiger charge is -2.39. The number of piperidine rings is 1. The molecular weight excluding hydrogens is 625 g/mol. The Balaban J connectivity index is 1.76. The van der Waals surface area contributed by atoms with Gasteiger partial charge in [-0.05, 0) is 75.0 Å². The first kappa shape index (κ1) is 39.8. The van der Waals surface area contributed by atoms with E-state index in [2.05, 4.69) is 10.6 Å². The van der Waals surface area contributed by atoms with Gasteiger partial charge in [-0.15, -0.1) is 0 Å². The van der Waals surface area contributed by atoms with Crippen LogP contribution in [-0.2, 0) is 32.0 Å². The summed E-state index contributed by atoms with van der Waals surface area (Å²) in [5.74, 6) is -2.25. The number of benzene rings is 2. The Morgan fingerprint density at radius 2 is 1.41 bits per heavy atom. The Morgan fingerprint density at radius 3 is 1.94 bits per heavy atom. The molecule has 0 saturated carbocycles. The van der Waals surface area contributed by atoms with Gasteiger partial charge < -0.3 is 42.2 Å². The van der Waals surface area contributed by atoms with Crippen molar-refractivity contribution in [1.29, 1.82) is 0 Å². The SMILES string of the molecule is CC(C)C[C@@H](CC(=O)[C@@H](Cc1ccccc1)NC(=O)[C@H](N)Cc1ccccc1)C(=O)N[C@H](CCCCN)C(=O)N1CCC(O)(B(O)O)CC1. The van der Waals surface area contributed by atoms with Crippen molar-refractivity contribution >= 4 is 30.6 Å². The van der Waals surface area contributed by atoms with Crippen LogP contribution < -0.4 is 22.1 Å². The van der Waals surface area contributed by atoms with Crippen LogP contribution in [-0.4, -0.2) is 93.9 Å². The molecule has 0 radical (unpaired) electrons. The van der Waals surface area contributed by atoms with Crippen LogP contribution in [0.2, 0.25) is 0 Å². The van der Waals surface area contributed by atoms with Crippen LogP contribution in [0.15, 0.2) is 60.7 Å². The summed E-state index contributed by atoms with van der Waals surface area (Å²) < 4.78 is 0. The van der Waals surface area contributed by atoms with Gasteiger partial charge in [0.15, 0.2) is 5.78 Å². The molecule has 4 atom stereocenters. The molecule has 1 saturated heterocycles. The fraction of sp³-hybridized carbons (Fsp3) is 0.556. The number of amides is 3. The number of rotatable bonds is 19. The molecule has 0 spiro atoms. The maximum absolute atomic E-state index is 14.0. The molecule has 1 aliphatic heterocycles. The summed E-state index contributed by atoms with van der Waals surface area (Å²) in [4.78, 5) is 56.3. The van der Waals surface area contributed by atoms with E-state index < -0.39 is 48.5 Å². The molecule has 12 nitrogen and oxygen atoms in total. The number of hydrogen-bond donors (Lipinski definition) is 7. The summed E-state index contributed by atoms with van der Waals surface area (Å²) in [6.45, 7) is 4.51. The summed E-state index contributed by atoms with van der Waals surface area (Å²) in [5.41, 5.74) is 12.0. The topological polar surface area (TPSA) is 208 Å². The van der Waals surface area contributed by atoms with Crippen molar-refractivity contribution in [2.24, 2.45) is 23.3 Å². The highest BCUT2D eigenvalue weighted by atomic mass is 16.4. The van der Waals surface area contributed by atoms with Crippen molar-refractivity contribution in [3.05, 3.63) is 71.8 Å². The zero-order chi connectivity index (χ0) is 36.0. The van der Waals surface area contributed by atoms with E-state index in [4.69, 9.17) is 11.5 Å². The van der Waals surface area contributed by atoms with Gasteiger partial charge in [-0.3, -0.25) is 19.2 Å². The van der Waals surface area contributed by atoms with Gasteiger partial charge in [-0.25, -0.2) is 0 Å². The largest absolute Gasteiger partial charge is 0.485 e. The van der Waals surface area contributed by atoms with E-state index in [0.717, 1.165) is 11.1 Å². The monoisotopic (exact) mass is 679 g/mol. The van der Waals surface area contributed by atoms with Crippen LogP contribution in [0.4, 0.5) is 0 Å². The van der Waals surface area contributed by atoms with E-state index >= 15 is 0 Å². The third kappa shape index (κ3) is 12.7. The molecule has 0 aliphatic carbocycles. The van der Waals surface area contributed by atoms with Gasteiger partial charge in [0, 0.05) is 25.4 Å². The third-order valence-electron chi connectivity index (χ3n) is 9.18.